The third-order valence-corrected chi connectivity index (χ3v) is 4.17. The second-order valence-corrected chi connectivity index (χ2v) is 6.11. The Kier molecular flexibility index (Phi) is 4.70. The fraction of sp³-hybridized carbons (Fsp3) is 0.312. The van der Waals surface area contributed by atoms with Crippen LogP contribution in [0.4, 0.5) is 5.82 Å². The smallest absolute Gasteiger partial charge is 0.191 e. The van der Waals surface area contributed by atoms with Crippen LogP contribution >= 0.6 is 11.8 Å². The van der Waals surface area contributed by atoms with Gasteiger partial charge in [-0.15, -0.1) is 0 Å². The molecule has 1 aromatic carbocycles. The Labute approximate surface area is 144 Å². The van der Waals surface area contributed by atoms with Crippen LogP contribution in [-0.2, 0) is 0 Å². The van der Waals surface area contributed by atoms with E-state index in [9.17, 15) is 10.2 Å². The number of rotatable bonds is 5. The van der Waals surface area contributed by atoms with E-state index in [0.717, 1.165) is 5.69 Å². The number of hydrogen-bond acceptors (Lipinski definition) is 7. The van der Waals surface area contributed by atoms with E-state index in [4.69, 9.17) is 0 Å². The highest BCUT2D eigenvalue weighted by Gasteiger charge is 2.24. The second-order valence-electron chi connectivity index (χ2n) is 5.33. The first-order valence-corrected chi connectivity index (χ1v) is 8.75. The highest BCUT2D eigenvalue weighted by molar-refractivity contribution is 7.98. The van der Waals surface area contributed by atoms with Gasteiger partial charge in [-0.05, 0) is 32.2 Å². The molecule has 0 fully saturated rings. The minimum atomic E-state index is -0.905. The van der Waals surface area contributed by atoms with E-state index in [1.807, 2.05) is 36.6 Å². The molecule has 0 spiro atoms. The summed E-state index contributed by atoms with van der Waals surface area (Å²) in [5, 5.41) is 25.7. The Morgan fingerprint density at radius 1 is 1.08 bits per heavy atom. The highest BCUT2D eigenvalue weighted by Crippen LogP contribution is 2.29. The number of aliphatic hydroxyl groups excluding tert-OH is 2. The summed E-state index contributed by atoms with van der Waals surface area (Å²) >= 11 is 1.39. The van der Waals surface area contributed by atoms with E-state index in [0.29, 0.717) is 22.0 Å². The van der Waals surface area contributed by atoms with E-state index >= 15 is 0 Å². The van der Waals surface area contributed by atoms with Gasteiger partial charge in [-0.1, -0.05) is 30.0 Å². The maximum atomic E-state index is 10.1. The quantitative estimate of drug-likeness (QED) is 0.415. The number of aliphatic hydroxyl groups is 2. The number of fused-ring (bicyclic) bond motifs is 1. The molecule has 0 bridgehead atoms. The van der Waals surface area contributed by atoms with Gasteiger partial charge < -0.3 is 15.1 Å². The molecule has 3 rings (SSSR count). The maximum Gasteiger partial charge on any atom is 0.191 e. The number of para-hydroxylation sites is 1. The largest absolute Gasteiger partial charge is 0.374 e. The summed E-state index contributed by atoms with van der Waals surface area (Å²) in [6.07, 6.45) is 1.72. The van der Waals surface area contributed by atoms with Crippen molar-refractivity contribution in [3.8, 4) is 5.69 Å². The molecule has 2 atom stereocenters. The lowest BCUT2D eigenvalue weighted by Crippen LogP contribution is -2.41. The highest BCUT2D eigenvalue weighted by atomic mass is 32.2. The minimum Gasteiger partial charge on any atom is -0.374 e. The van der Waals surface area contributed by atoms with Crippen molar-refractivity contribution in [2.75, 3.05) is 11.2 Å². The second kappa shape index (κ2) is 6.76. The monoisotopic (exact) mass is 345 g/mol. The molecule has 8 heteroatoms. The summed E-state index contributed by atoms with van der Waals surface area (Å²) in [5.74, 6) is 0.455. The molecule has 3 aromatic rings. The molecule has 0 amide bonds. The zero-order valence-electron chi connectivity index (χ0n) is 13.7. The van der Waals surface area contributed by atoms with Crippen LogP contribution in [0.1, 0.15) is 13.8 Å². The van der Waals surface area contributed by atoms with Gasteiger partial charge in [-0.25, -0.2) is 14.6 Å². The zero-order chi connectivity index (χ0) is 17.3. The molecule has 2 aromatic heterocycles. The summed E-state index contributed by atoms with van der Waals surface area (Å²) in [5.41, 5.74) is 1.51. The van der Waals surface area contributed by atoms with E-state index in [-0.39, 0.29) is 0 Å². The number of benzene rings is 1. The van der Waals surface area contributed by atoms with Gasteiger partial charge in [-0.2, -0.15) is 5.10 Å². The molecular weight excluding hydrogens is 326 g/mol. The fourth-order valence-electron chi connectivity index (χ4n) is 2.59. The van der Waals surface area contributed by atoms with Crippen molar-refractivity contribution in [2.45, 2.75) is 31.5 Å². The Morgan fingerprint density at radius 3 is 2.33 bits per heavy atom. The average Bonchev–Trinajstić information content (AvgIpc) is 2.99. The number of hydrogen-bond donors (Lipinski definition) is 2. The lowest BCUT2D eigenvalue weighted by molar-refractivity contribution is 0.104. The van der Waals surface area contributed by atoms with Gasteiger partial charge in [0.2, 0.25) is 0 Å². The van der Waals surface area contributed by atoms with Crippen LogP contribution in [0, 0.1) is 0 Å². The van der Waals surface area contributed by atoms with Crippen molar-refractivity contribution < 1.29 is 10.2 Å². The zero-order valence-corrected chi connectivity index (χ0v) is 14.5. The molecular formula is C16H19N5O2S. The van der Waals surface area contributed by atoms with Crippen LogP contribution in [0.15, 0.2) is 41.7 Å². The van der Waals surface area contributed by atoms with Crippen LogP contribution in [-0.4, -0.2) is 48.7 Å². The van der Waals surface area contributed by atoms with E-state index in [1.54, 1.807) is 24.7 Å². The lowest BCUT2D eigenvalue weighted by atomic mass is 10.3. The van der Waals surface area contributed by atoms with Crippen LogP contribution in [0.3, 0.4) is 0 Å². The number of thioether (sulfide) groups is 1. The predicted octanol–water partition coefficient (Wildman–Crippen LogP) is 2.02. The lowest BCUT2D eigenvalue weighted by Gasteiger charge is -2.29. The topological polar surface area (TPSA) is 87.3 Å². The van der Waals surface area contributed by atoms with Gasteiger partial charge >= 0.3 is 0 Å². The number of nitrogens with zero attached hydrogens (tertiary/aromatic N) is 5. The van der Waals surface area contributed by atoms with E-state index in [1.165, 1.54) is 16.7 Å². The van der Waals surface area contributed by atoms with Gasteiger partial charge in [-0.3, -0.25) is 0 Å². The Balaban J connectivity index is 2.26. The van der Waals surface area contributed by atoms with Gasteiger partial charge in [0.1, 0.15) is 18.3 Å². The fourth-order valence-corrected chi connectivity index (χ4v) is 2.94. The number of aromatic nitrogens is 4. The number of anilines is 1. The molecule has 0 aliphatic heterocycles. The van der Waals surface area contributed by atoms with Gasteiger partial charge in [0, 0.05) is 0 Å². The molecule has 0 saturated heterocycles. The summed E-state index contributed by atoms with van der Waals surface area (Å²) in [6.45, 7) is 3.17. The first-order chi connectivity index (χ1) is 11.5. The molecule has 0 radical (unpaired) electrons. The summed E-state index contributed by atoms with van der Waals surface area (Å²) in [4.78, 5) is 10.5. The van der Waals surface area contributed by atoms with E-state index in [2.05, 4.69) is 15.1 Å². The molecule has 24 heavy (non-hydrogen) atoms. The summed E-state index contributed by atoms with van der Waals surface area (Å²) in [6, 6.07) is 9.67. The molecule has 2 unspecified atom stereocenters. The molecule has 0 aliphatic carbocycles. The van der Waals surface area contributed by atoms with Crippen LogP contribution in [0.25, 0.3) is 16.7 Å². The third kappa shape index (κ3) is 2.95. The molecule has 2 N–H and O–H groups in total. The summed E-state index contributed by atoms with van der Waals surface area (Å²) < 4.78 is 1.72. The van der Waals surface area contributed by atoms with Gasteiger partial charge in [0.15, 0.2) is 10.8 Å². The van der Waals surface area contributed by atoms with Crippen molar-refractivity contribution in [3.05, 3.63) is 36.5 Å². The van der Waals surface area contributed by atoms with E-state index < -0.39 is 12.5 Å². The van der Waals surface area contributed by atoms with Crippen molar-refractivity contribution >= 4 is 28.6 Å². The van der Waals surface area contributed by atoms with Crippen LogP contribution < -0.4 is 4.90 Å². The van der Waals surface area contributed by atoms with Crippen molar-refractivity contribution in [3.63, 3.8) is 0 Å². The third-order valence-electron chi connectivity index (χ3n) is 3.62. The average molecular weight is 345 g/mol. The SMILES string of the molecule is CSc1nc(N(C(C)O)C(C)O)c2cnn(-c3ccccc3)c2n1. The Morgan fingerprint density at radius 2 is 1.75 bits per heavy atom. The normalized spacial score (nSPS) is 13.9. The molecule has 0 aliphatic rings. The predicted molar refractivity (Wildman–Crippen MR) is 94.3 cm³/mol. The maximum absolute atomic E-state index is 10.1. The molecule has 2 heterocycles. The first-order valence-electron chi connectivity index (χ1n) is 7.52. The molecule has 0 saturated carbocycles. The first kappa shape index (κ1) is 16.7. The Hall–Kier alpha value is -2.16. The van der Waals surface area contributed by atoms with Gasteiger partial charge in [0.25, 0.3) is 0 Å². The van der Waals surface area contributed by atoms with Gasteiger partial charge in [0.05, 0.1) is 17.3 Å². The van der Waals surface area contributed by atoms with Crippen molar-refractivity contribution in [1.82, 2.24) is 19.7 Å². The molecule has 126 valence electrons. The Bertz CT molecular complexity index is 827. The van der Waals surface area contributed by atoms with Crippen LogP contribution in [0.2, 0.25) is 0 Å². The van der Waals surface area contributed by atoms with Crippen molar-refractivity contribution in [2.24, 2.45) is 0 Å². The molecule has 7 nitrogen and oxygen atoms in total. The minimum absolute atomic E-state index is 0.455. The summed E-state index contributed by atoms with van der Waals surface area (Å²) in [7, 11) is 0. The van der Waals surface area contributed by atoms with Crippen molar-refractivity contribution in [1.29, 1.82) is 0 Å². The standard InChI is InChI=1S/C16H19N5O2S/c1-10(22)20(11(2)23)14-13-9-17-21(12-7-5-4-6-8-12)15(13)19-16(18-14)24-3/h4-11,22-23H,1-3H3. The van der Waals surface area contributed by atoms with Crippen LogP contribution in [0.5, 0.6) is 0 Å².